The molecule has 2 aromatic carbocycles. The fraction of sp³-hybridized carbons (Fsp3) is 0.514. The summed E-state index contributed by atoms with van der Waals surface area (Å²) in [6, 6.07) is 9.27. The number of hydrogen-bond donors (Lipinski definition) is 2. The number of carboxylic acid groups (broad SMARTS) is 1. The van der Waals surface area contributed by atoms with Gasteiger partial charge < -0.3 is 19.6 Å². The van der Waals surface area contributed by atoms with E-state index >= 15 is 4.39 Å². The highest BCUT2D eigenvalue weighted by Gasteiger charge is 2.53. The number of carbonyl (C=O) groups excluding carboxylic acids is 2. The number of alkyl halides is 3. The Kier molecular flexibility index (Phi) is 10.8. The van der Waals surface area contributed by atoms with Gasteiger partial charge in [0.1, 0.15) is 17.7 Å². The molecule has 270 valence electrons. The number of piperazine rings is 1. The van der Waals surface area contributed by atoms with Crippen LogP contribution in [-0.4, -0.2) is 101 Å². The molecule has 2 aliphatic heterocycles. The number of carbonyl (C=O) groups is 3. The molecule has 3 heterocycles. The van der Waals surface area contributed by atoms with Gasteiger partial charge in [-0.3, -0.25) is 29.1 Å². The lowest BCUT2D eigenvalue weighted by atomic mass is 9.87. The van der Waals surface area contributed by atoms with Crippen molar-refractivity contribution in [3.05, 3.63) is 64.6 Å². The number of halogens is 5. The minimum absolute atomic E-state index is 0.00389. The number of aliphatic carboxylic acids is 1. The molecule has 1 atom stereocenters. The number of nitrogens with zero attached hydrogens (tertiary/aromatic N) is 3. The molecule has 2 N–H and O–H groups in total. The summed E-state index contributed by atoms with van der Waals surface area (Å²) in [6.45, 7) is 0.163. The lowest BCUT2D eigenvalue weighted by Crippen LogP contribution is -2.71. The van der Waals surface area contributed by atoms with Crippen molar-refractivity contribution >= 4 is 45.9 Å². The second-order valence-corrected chi connectivity index (χ2v) is 13.6. The van der Waals surface area contributed by atoms with Crippen LogP contribution in [0.1, 0.15) is 54.4 Å². The number of nitrogens with one attached hydrogen (secondary N) is 1. The Morgan fingerprint density at radius 2 is 1.62 bits per heavy atom. The second-order valence-electron chi connectivity index (χ2n) is 13.2. The van der Waals surface area contributed by atoms with Crippen LogP contribution < -0.4 is 5.32 Å². The molecule has 3 aliphatic rings. The largest absolute Gasteiger partial charge is 0.481 e. The van der Waals surface area contributed by atoms with Crippen molar-refractivity contribution < 1.29 is 46.2 Å². The zero-order chi connectivity index (χ0) is 35.6. The molecule has 3 aromatic rings. The van der Waals surface area contributed by atoms with E-state index in [0.717, 1.165) is 18.9 Å². The molecule has 0 spiro atoms. The van der Waals surface area contributed by atoms with E-state index in [-0.39, 0.29) is 48.0 Å². The van der Waals surface area contributed by atoms with Crippen LogP contribution in [0.2, 0.25) is 5.02 Å². The molecule has 0 radical (unpaired) electrons. The number of ketones is 1. The van der Waals surface area contributed by atoms with Gasteiger partial charge >= 0.3 is 12.1 Å². The van der Waals surface area contributed by atoms with E-state index in [0.29, 0.717) is 49.7 Å². The van der Waals surface area contributed by atoms with Gasteiger partial charge in [0.2, 0.25) is 5.85 Å². The number of likely N-dealkylation sites (tertiary alicyclic amines) is 1. The molecule has 0 bridgehead atoms. The quantitative estimate of drug-likeness (QED) is 0.224. The molecule has 1 unspecified atom stereocenters. The van der Waals surface area contributed by atoms with Crippen molar-refractivity contribution in [3.8, 4) is 0 Å². The van der Waals surface area contributed by atoms with E-state index in [1.807, 2.05) is 4.90 Å². The first kappa shape index (κ1) is 36.2. The van der Waals surface area contributed by atoms with E-state index in [4.69, 9.17) is 20.8 Å². The number of carboxylic acids is 1. The van der Waals surface area contributed by atoms with E-state index < -0.39 is 60.5 Å². The highest BCUT2D eigenvalue weighted by Crippen LogP contribution is 2.37. The molecular formula is C35H39ClF4N4O6. The van der Waals surface area contributed by atoms with E-state index in [1.165, 1.54) is 17.2 Å². The first-order valence-electron chi connectivity index (χ1n) is 16.8. The predicted octanol–water partition coefficient (Wildman–Crippen LogP) is 6.18. The number of furan rings is 1. The Morgan fingerprint density at radius 1 is 0.960 bits per heavy atom. The third kappa shape index (κ3) is 7.84. The minimum atomic E-state index is -4.38. The number of rotatable bonds is 11. The van der Waals surface area contributed by atoms with Gasteiger partial charge in [0.25, 0.3) is 5.91 Å². The molecule has 1 amide bonds. The van der Waals surface area contributed by atoms with Gasteiger partial charge in [0, 0.05) is 51.1 Å². The normalized spacial score (nSPS) is 22.4. The number of anilines is 1. The molecule has 15 heteroatoms. The summed E-state index contributed by atoms with van der Waals surface area (Å²) in [5.74, 6) is -4.99. The maximum absolute atomic E-state index is 15.8. The lowest BCUT2D eigenvalue weighted by molar-refractivity contribution is -0.262. The standard InChI is InChI=1S/C35H39ClF4N4O6/c36-27-17-23(28(37)19-29(27)41-32(46)26-20-49-30-6-2-1-5-25(26)30)18-31(45)35(43-11-3-4-12-43,50-24-9-7-22(8-10-24)33(47)48)44-15-13-42(14-16-44)21-34(38,39)40/h1-2,5-6,17,19-20,22,24H,3-4,7-16,18,21H2,(H,41,46)(H,47,48). The van der Waals surface area contributed by atoms with Crippen molar-refractivity contribution in [1.29, 1.82) is 0 Å². The van der Waals surface area contributed by atoms with Crippen LogP contribution in [0.25, 0.3) is 11.0 Å². The summed E-state index contributed by atoms with van der Waals surface area (Å²) >= 11 is 6.55. The molecule has 50 heavy (non-hydrogen) atoms. The highest BCUT2D eigenvalue weighted by molar-refractivity contribution is 6.34. The molecule has 1 saturated carbocycles. The monoisotopic (exact) mass is 722 g/mol. The number of fused-ring (bicyclic) bond motifs is 1. The van der Waals surface area contributed by atoms with Crippen molar-refractivity contribution in [2.75, 3.05) is 51.1 Å². The van der Waals surface area contributed by atoms with Crippen molar-refractivity contribution in [1.82, 2.24) is 14.7 Å². The van der Waals surface area contributed by atoms with Crippen LogP contribution in [0, 0.1) is 11.7 Å². The Morgan fingerprint density at radius 3 is 2.28 bits per heavy atom. The van der Waals surface area contributed by atoms with Crippen LogP contribution in [0.3, 0.4) is 0 Å². The number of Topliss-reactive ketones (excluding diaryl/α,β-unsaturated/α-hetero) is 1. The average Bonchev–Trinajstić information content (AvgIpc) is 3.77. The first-order chi connectivity index (χ1) is 23.8. The van der Waals surface area contributed by atoms with E-state index in [2.05, 4.69) is 5.32 Å². The van der Waals surface area contributed by atoms with Crippen LogP contribution in [-0.2, 0) is 20.7 Å². The molecule has 6 rings (SSSR count). The number of hydrogen-bond acceptors (Lipinski definition) is 8. The molecular weight excluding hydrogens is 684 g/mol. The summed E-state index contributed by atoms with van der Waals surface area (Å²) in [5, 5.41) is 12.7. The van der Waals surface area contributed by atoms with Gasteiger partial charge in [-0.05, 0) is 62.3 Å². The van der Waals surface area contributed by atoms with Gasteiger partial charge in [-0.15, -0.1) is 0 Å². The minimum Gasteiger partial charge on any atom is -0.481 e. The summed E-state index contributed by atoms with van der Waals surface area (Å²) in [6.07, 6.45) is -1.01. The van der Waals surface area contributed by atoms with Crippen LogP contribution >= 0.6 is 11.6 Å². The van der Waals surface area contributed by atoms with Crippen LogP contribution in [0.5, 0.6) is 0 Å². The fourth-order valence-corrected chi connectivity index (χ4v) is 7.59. The third-order valence-corrected chi connectivity index (χ3v) is 10.2. The Balaban J connectivity index is 1.27. The van der Waals surface area contributed by atoms with Gasteiger partial charge in [0.05, 0.1) is 34.8 Å². The maximum Gasteiger partial charge on any atom is 0.401 e. The van der Waals surface area contributed by atoms with E-state index in [9.17, 15) is 32.7 Å². The van der Waals surface area contributed by atoms with Gasteiger partial charge in [-0.2, -0.15) is 13.2 Å². The first-order valence-corrected chi connectivity index (χ1v) is 17.2. The van der Waals surface area contributed by atoms with Gasteiger partial charge in [-0.1, -0.05) is 29.8 Å². The lowest BCUT2D eigenvalue weighted by Gasteiger charge is -2.52. The van der Waals surface area contributed by atoms with Crippen molar-refractivity contribution in [2.45, 2.75) is 63.1 Å². The number of para-hydroxylation sites is 1. The smallest absolute Gasteiger partial charge is 0.401 e. The molecule has 3 fully saturated rings. The molecule has 1 aliphatic carbocycles. The zero-order valence-electron chi connectivity index (χ0n) is 27.3. The molecule has 1 aromatic heterocycles. The van der Waals surface area contributed by atoms with Crippen molar-refractivity contribution in [3.63, 3.8) is 0 Å². The van der Waals surface area contributed by atoms with Crippen LogP contribution in [0.15, 0.2) is 47.1 Å². The fourth-order valence-electron chi connectivity index (χ4n) is 7.36. The molecule has 2 saturated heterocycles. The third-order valence-electron chi connectivity index (χ3n) is 9.92. The summed E-state index contributed by atoms with van der Waals surface area (Å²) in [5.41, 5.74) is 0.693. The average molecular weight is 723 g/mol. The Labute approximate surface area is 291 Å². The summed E-state index contributed by atoms with van der Waals surface area (Å²) < 4.78 is 67.7. The summed E-state index contributed by atoms with van der Waals surface area (Å²) in [7, 11) is 0. The van der Waals surface area contributed by atoms with Crippen LogP contribution in [0.4, 0.5) is 23.2 Å². The number of ether oxygens (including phenoxy) is 1. The topological polar surface area (TPSA) is 116 Å². The predicted molar refractivity (Wildman–Crippen MR) is 176 cm³/mol. The van der Waals surface area contributed by atoms with Crippen molar-refractivity contribution in [2.24, 2.45) is 5.92 Å². The Bertz CT molecular complexity index is 1710. The number of benzene rings is 2. The van der Waals surface area contributed by atoms with Gasteiger partial charge in [-0.25, -0.2) is 4.39 Å². The maximum atomic E-state index is 15.8. The second kappa shape index (κ2) is 15.0. The van der Waals surface area contributed by atoms with Gasteiger partial charge in [0.15, 0.2) is 5.78 Å². The number of amides is 1. The summed E-state index contributed by atoms with van der Waals surface area (Å²) in [4.78, 5) is 44.3. The Hall–Kier alpha value is -3.56. The highest BCUT2D eigenvalue weighted by atomic mass is 35.5. The van der Waals surface area contributed by atoms with E-state index in [1.54, 1.807) is 29.2 Å². The SMILES string of the molecule is O=C(Nc1cc(F)c(CC(=O)C(OC2CCC(C(=O)O)CC2)(N2CCCC2)N2CCN(CC(F)(F)F)CC2)cc1Cl)c1coc2ccccc12. The molecule has 10 nitrogen and oxygen atoms in total. The zero-order valence-corrected chi connectivity index (χ0v) is 28.1.